The van der Waals surface area contributed by atoms with Crippen molar-refractivity contribution < 1.29 is 14.3 Å². The van der Waals surface area contributed by atoms with Gasteiger partial charge < -0.3 is 24.9 Å². The van der Waals surface area contributed by atoms with Crippen molar-refractivity contribution in [3.63, 3.8) is 0 Å². The first-order chi connectivity index (χ1) is 14.3. The predicted octanol–water partition coefficient (Wildman–Crippen LogP) is 1.84. The number of nitrogens with zero attached hydrogens (tertiary/aromatic N) is 5. The largest absolute Gasteiger partial charge is 0.475 e. The highest BCUT2D eigenvalue weighted by Crippen LogP contribution is 2.35. The van der Waals surface area contributed by atoms with Crippen molar-refractivity contribution >= 4 is 22.4 Å². The summed E-state index contributed by atoms with van der Waals surface area (Å²) in [6.45, 7) is 1.80. The van der Waals surface area contributed by atoms with Crippen molar-refractivity contribution in [3.8, 4) is 17.3 Å². The first-order valence-electron chi connectivity index (χ1n) is 9.72. The molecule has 9 heteroatoms. The summed E-state index contributed by atoms with van der Waals surface area (Å²) in [6.07, 6.45) is 5.47. The van der Waals surface area contributed by atoms with E-state index in [-0.39, 0.29) is 12.6 Å². The number of aliphatic hydroxyl groups excluding tert-OH is 1. The number of nitrogens with two attached hydrogens (primary N) is 1. The lowest BCUT2D eigenvalue weighted by molar-refractivity contribution is 0.266. The van der Waals surface area contributed by atoms with Gasteiger partial charge in [0.1, 0.15) is 23.7 Å². The van der Waals surface area contributed by atoms with E-state index in [1.54, 1.807) is 23.0 Å². The fourth-order valence-electron chi connectivity index (χ4n) is 3.87. The molecular weight excluding hydrogens is 372 g/mol. The van der Waals surface area contributed by atoms with Crippen LogP contribution in [-0.4, -0.2) is 57.0 Å². The predicted molar refractivity (Wildman–Crippen MR) is 108 cm³/mol. The number of hydrogen-bond acceptors (Lipinski definition) is 8. The lowest BCUT2D eigenvalue weighted by Gasteiger charge is -2.24. The second kappa shape index (κ2) is 7.34. The highest BCUT2D eigenvalue weighted by molar-refractivity contribution is 5.92. The van der Waals surface area contributed by atoms with Gasteiger partial charge in [0.25, 0.3) is 0 Å². The molecule has 1 aliphatic heterocycles. The summed E-state index contributed by atoms with van der Waals surface area (Å²) in [5, 5.41) is 15.1. The minimum Gasteiger partial charge on any atom is -0.475 e. The van der Waals surface area contributed by atoms with E-state index in [2.05, 4.69) is 20.0 Å². The summed E-state index contributed by atoms with van der Waals surface area (Å²) in [5.41, 5.74) is 7.66. The number of fused-ring (bicyclic) bond motifs is 2. The van der Waals surface area contributed by atoms with Crippen LogP contribution in [0.4, 0.5) is 5.82 Å². The van der Waals surface area contributed by atoms with Gasteiger partial charge in [0.2, 0.25) is 5.88 Å². The lowest BCUT2D eigenvalue weighted by Crippen LogP contribution is -2.32. The molecule has 1 atom stereocenters. The third-order valence-corrected chi connectivity index (χ3v) is 5.24. The standard InChI is InChI=1S/C20H22N6O3/c21-6-9-28-19-4-3-18-23-11-15(26(18)24-19)17-10-14-16(29-17)5-7-22-20(14)25-8-1-2-13(25)12-27/h3-5,7,10-11,13,27H,1-2,6,8-9,12,21H2. The lowest BCUT2D eigenvalue weighted by atomic mass is 10.2. The van der Waals surface area contributed by atoms with E-state index in [0.717, 1.165) is 41.9 Å². The van der Waals surface area contributed by atoms with E-state index in [1.807, 2.05) is 18.2 Å². The van der Waals surface area contributed by atoms with E-state index in [4.69, 9.17) is 14.9 Å². The number of rotatable bonds is 6. The molecule has 0 saturated carbocycles. The SMILES string of the molecule is NCCOc1ccc2ncc(-c3cc4c(N5CCCC5CO)nccc4o3)n2n1. The van der Waals surface area contributed by atoms with Gasteiger partial charge in [-0.15, -0.1) is 5.10 Å². The van der Waals surface area contributed by atoms with Gasteiger partial charge in [-0.25, -0.2) is 14.5 Å². The highest BCUT2D eigenvalue weighted by atomic mass is 16.5. The fourth-order valence-corrected chi connectivity index (χ4v) is 3.87. The van der Waals surface area contributed by atoms with Crippen LogP contribution in [0.25, 0.3) is 28.1 Å². The summed E-state index contributed by atoms with van der Waals surface area (Å²) < 4.78 is 13.4. The van der Waals surface area contributed by atoms with Gasteiger partial charge in [-0.05, 0) is 31.0 Å². The van der Waals surface area contributed by atoms with E-state index in [9.17, 15) is 5.11 Å². The Hall–Kier alpha value is -3.17. The van der Waals surface area contributed by atoms with Crippen molar-refractivity contribution in [3.05, 3.63) is 36.7 Å². The number of furan rings is 1. The molecule has 5 heterocycles. The highest BCUT2D eigenvalue weighted by Gasteiger charge is 2.27. The zero-order chi connectivity index (χ0) is 19.8. The fraction of sp³-hybridized carbons (Fsp3) is 0.350. The quantitative estimate of drug-likeness (QED) is 0.509. The topological polar surface area (TPSA) is 115 Å². The van der Waals surface area contributed by atoms with Crippen LogP contribution in [0.3, 0.4) is 0 Å². The molecule has 0 radical (unpaired) electrons. The normalized spacial score (nSPS) is 16.9. The molecule has 5 rings (SSSR count). The third kappa shape index (κ3) is 3.08. The van der Waals surface area contributed by atoms with Crippen molar-refractivity contribution in [2.45, 2.75) is 18.9 Å². The number of aromatic nitrogens is 4. The number of hydrogen-bond donors (Lipinski definition) is 2. The van der Waals surface area contributed by atoms with E-state index in [1.165, 1.54) is 0 Å². The molecule has 0 aromatic carbocycles. The van der Waals surface area contributed by atoms with E-state index >= 15 is 0 Å². The van der Waals surface area contributed by atoms with Crippen LogP contribution >= 0.6 is 0 Å². The Bertz CT molecular complexity index is 1150. The maximum absolute atomic E-state index is 9.70. The molecule has 0 aliphatic carbocycles. The van der Waals surface area contributed by atoms with Crippen LogP contribution in [0.2, 0.25) is 0 Å². The molecule has 1 fully saturated rings. The van der Waals surface area contributed by atoms with Gasteiger partial charge >= 0.3 is 0 Å². The minimum absolute atomic E-state index is 0.0890. The molecule has 0 bridgehead atoms. The molecule has 1 saturated heterocycles. The summed E-state index contributed by atoms with van der Waals surface area (Å²) in [4.78, 5) is 11.1. The van der Waals surface area contributed by atoms with Gasteiger partial charge in [-0.3, -0.25) is 0 Å². The van der Waals surface area contributed by atoms with Crippen molar-refractivity contribution in [1.82, 2.24) is 19.6 Å². The first-order valence-corrected chi connectivity index (χ1v) is 9.72. The van der Waals surface area contributed by atoms with Crippen molar-refractivity contribution in [2.24, 2.45) is 5.73 Å². The summed E-state index contributed by atoms with van der Waals surface area (Å²) in [6, 6.07) is 7.51. The van der Waals surface area contributed by atoms with Gasteiger partial charge in [0.15, 0.2) is 11.4 Å². The Kier molecular flexibility index (Phi) is 4.53. The van der Waals surface area contributed by atoms with Crippen LogP contribution in [0.15, 0.2) is 41.1 Å². The average molecular weight is 394 g/mol. The smallest absolute Gasteiger partial charge is 0.231 e. The van der Waals surface area contributed by atoms with Gasteiger partial charge in [0, 0.05) is 25.4 Å². The Morgan fingerprint density at radius 3 is 3.07 bits per heavy atom. The maximum atomic E-state index is 9.70. The molecule has 9 nitrogen and oxygen atoms in total. The molecule has 150 valence electrons. The van der Waals surface area contributed by atoms with Crippen LogP contribution in [0.5, 0.6) is 5.88 Å². The Morgan fingerprint density at radius 1 is 1.28 bits per heavy atom. The molecule has 4 aromatic rings. The Morgan fingerprint density at radius 2 is 2.21 bits per heavy atom. The zero-order valence-corrected chi connectivity index (χ0v) is 15.9. The van der Waals surface area contributed by atoms with Gasteiger partial charge in [0.05, 0.1) is 24.2 Å². The van der Waals surface area contributed by atoms with Crippen LogP contribution in [-0.2, 0) is 0 Å². The van der Waals surface area contributed by atoms with Crippen LogP contribution < -0.4 is 15.4 Å². The minimum atomic E-state index is 0.0890. The first kappa shape index (κ1) is 17.9. The number of ether oxygens (including phenoxy) is 1. The summed E-state index contributed by atoms with van der Waals surface area (Å²) in [5.74, 6) is 1.95. The number of anilines is 1. The molecule has 0 amide bonds. The Balaban J connectivity index is 1.58. The van der Waals surface area contributed by atoms with Crippen LogP contribution in [0, 0.1) is 0 Å². The second-order valence-corrected chi connectivity index (χ2v) is 7.05. The van der Waals surface area contributed by atoms with Crippen molar-refractivity contribution in [1.29, 1.82) is 0 Å². The molecule has 4 aromatic heterocycles. The molecule has 29 heavy (non-hydrogen) atoms. The van der Waals surface area contributed by atoms with Gasteiger partial charge in [-0.2, -0.15) is 0 Å². The summed E-state index contributed by atoms with van der Waals surface area (Å²) in [7, 11) is 0. The third-order valence-electron chi connectivity index (χ3n) is 5.24. The summed E-state index contributed by atoms with van der Waals surface area (Å²) >= 11 is 0. The van der Waals surface area contributed by atoms with Crippen LogP contribution in [0.1, 0.15) is 12.8 Å². The maximum Gasteiger partial charge on any atom is 0.231 e. The van der Waals surface area contributed by atoms with Gasteiger partial charge in [-0.1, -0.05) is 0 Å². The number of aliphatic hydroxyl groups is 1. The molecule has 0 spiro atoms. The van der Waals surface area contributed by atoms with E-state index in [0.29, 0.717) is 30.4 Å². The number of pyridine rings is 1. The zero-order valence-electron chi connectivity index (χ0n) is 15.9. The Labute approximate surface area is 166 Å². The molecule has 3 N–H and O–H groups in total. The molecule has 1 unspecified atom stereocenters. The molecule has 1 aliphatic rings. The second-order valence-electron chi connectivity index (χ2n) is 7.05. The van der Waals surface area contributed by atoms with Crippen molar-refractivity contribution in [2.75, 3.05) is 31.2 Å². The molecular formula is C20H22N6O3. The number of imidazole rings is 1. The van der Waals surface area contributed by atoms with E-state index < -0.39 is 0 Å². The monoisotopic (exact) mass is 394 g/mol. The average Bonchev–Trinajstić information content (AvgIpc) is 3.48.